The van der Waals surface area contributed by atoms with Gasteiger partial charge in [0.25, 0.3) is 5.91 Å². The summed E-state index contributed by atoms with van der Waals surface area (Å²) in [6.07, 6.45) is 8.68. The molecule has 5 aromatic heterocycles. The van der Waals surface area contributed by atoms with Crippen molar-refractivity contribution in [1.29, 1.82) is 0 Å². The van der Waals surface area contributed by atoms with Crippen molar-refractivity contribution in [2.45, 2.75) is 103 Å². The molecule has 3 aliphatic rings. The first kappa shape index (κ1) is 40.9. The van der Waals surface area contributed by atoms with Gasteiger partial charge in [-0.1, -0.05) is 25.1 Å². The molecule has 65 heavy (non-hydrogen) atoms. The fourth-order valence-electron chi connectivity index (χ4n) is 10.9. The second-order valence-electron chi connectivity index (χ2n) is 19.0. The summed E-state index contributed by atoms with van der Waals surface area (Å²) >= 11 is 0. The third kappa shape index (κ3) is 6.38. The highest BCUT2D eigenvalue weighted by Crippen LogP contribution is 2.56. The van der Waals surface area contributed by atoms with Crippen LogP contribution in [-0.2, 0) is 30.3 Å². The topological polar surface area (TPSA) is 156 Å². The number of carbonyl (C=O) groups excluding carboxylic acids is 1. The molecule has 1 saturated carbocycles. The van der Waals surface area contributed by atoms with Gasteiger partial charge in [-0.2, -0.15) is 10.2 Å². The Morgan fingerprint density at radius 2 is 1.71 bits per heavy atom. The van der Waals surface area contributed by atoms with E-state index in [4.69, 9.17) is 14.4 Å². The summed E-state index contributed by atoms with van der Waals surface area (Å²) in [5.74, 6) is 0.0137. The summed E-state index contributed by atoms with van der Waals surface area (Å²) in [6.45, 7) is 12.7. The van der Waals surface area contributed by atoms with Crippen LogP contribution in [0.4, 0.5) is 4.39 Å². The van der Waals surface area contributed by atoms with Crippen LogP contribution in [0.2, 0.25) is 0 Å². The number of carbonyl (C=O) groups is 1. The number of nitrogens with one attached hydrogen (secondary N) is 1. The number of ether oxygens (including phenoxy) is 1. The first-order valence-electron chi connectivity index (χ1n) is 22.4. The van der Waals surface area contributed by atoms with Crippen molar-refractivity contribution < 1.29 is 18.4 Å². The second kappa shape index (κ2) is 14.6. The minimum absolute atomic E-state index is 0.0264. The molecule has 0 spiro atoms. The van der Waals surface area contributed by atoms with E-state index in [1.807, 2.05) is 36.2 Å². The lowest BCUT2D eigenvalue weighted by molar-refractivity contribution is -0.0592. The molecule has 3 aromatic carbocycles. The molecule has 1 aliphatic carbocycles. The molecule has 7 heterocycles. The highest BCUT2D eigenvalue weighted by molar-refractivity contribution is 6.00. The highest BCUT2D eigenvalue weighted by Gasteiger charge is 2.59. The summed E-state index contributed by atoms with van der Waals surface area (Å²) < 4.78 is 35.0. The van der Waals surface area contributed by atoms with E-state index in [1.165, 1.54) is 5.56 Å². The van der Waals surface area contributed by atoms with Crippen molar-refractivity contribution in [3.05, 3.63) is 140 Å². The molecule has 0 bridgehead atoms. The Bertz CT molecular complexity index is 3340. The quantitative estimate of drug-likeness (QED) is 0.164. The smallest absolute Gasteiger partial charge is 0.376 e. The van der Waals surface area contributed by atoms with Gasteiger partial charge in [0, 0.05) is 60.4 Å². The van der Waals surface area contributed by atoms with Gasteiger partial charge in [-0.05, 0) is 130 Å². The number of hydrogen-bond acceptors (Lipinski definition) is 8. The van der Waals surface area contributed by atoms with Crippen molar-refractivity contribution >= 4 is 27.7 Å². The van der Waals surface area contributed by atoms with Crippen LogP contribution in [0.3, 0.4) is 0 Å². The van der Waals surface area contributed by atoms with E-state index in [9.17, 15) is 9.59 Å². The monoisotopic (exact) mass is 878 g/mol. The molecule has 2 fully saturated rings. The van der Waals surface area contributed by atoms with Crippen LogP contribution in [0.15, 0.2) is 87.3 Å². The van der Waals surface area contributed by atoms with Crippen LogP contribution >= 0.6 is 0 Å². The number of H-pyrrole nitrogens is 1. The Hall–Kier alpha value is -6.81. The first-order chi connectivity index (χ1) is 31.1. The number of fused-ring (bicyclic) bond motifs is 3. The first-order valence-corrected chi connectivity index (χ1v) is 22.4. The zero-order valence-corrected chi connectivity index (χ0v) is 37.6. The Kier molecular flexibility index (Phi) is 9.20. The predicted octanol–water partition coefficient (Wildman–Crippen LogP) is 7.52. The lowest BCUT2D eigenvalue weighted by atomic mass is 9.83. The summed E-state index contributed by atoms with van der Waals surface area (Å²) in [7, 11) is 1.87. The third-order valence-electron chi connectivity index (χ3n) is 14.4. The van der Waals surface area contributed by atoms with E-state index in [-0.39, 0.29) is 47.4 Å². The molecule has 334 valence electrons. The van der Waals surface area contributed by atoms with E-state index in [2.05, 4.69) is 65.7 Å². The Labute approximate surface area is 373 Å². The van der Waals surface area contributed by atoms with Gasteiger partial charge >= 0.3 is 11.4 Å². The van der Waals surface area contributed by atoms with Crippen LogP contribution in [0.25, 0.3) is 39.0 Å². The second-order valence-corrected chi connectivity index (χ2v) is 19.0. The van der Waals surface area contributed by atoms with E-state index in [0.29, 0.717) is 71.3 Å². The van der Waals surface area contributed by atoms with Crippen molar-refractivity contribution in [3.63, 3.8) is 0 Å². The maximum Gasteiger partial charge on any atom is 0.438 e. The van der Waals surface area contributed by atoms with E-state index >= 15 is 9.18 Å². The molecule has 2 aliphatic heterocycles. The number of halogens is 1. The molecule has 4 atom stereocenters. The number of imidazole rings is 1. The SMILES string of the molecule is CCC1Cc2nn(-c3cc(C)c(F)c(C)c3)c(-n3ccn(-c4ccc5c(cnn5C)c4)c3=O)c2CN1C(=O)c1cc2cc([C@H]3CCOC(C)(C)C3)ccc2n1[C@@]1(c2noc(=O)[nH]2)C[C@@H]1C. The minimum atomic E-state index is -0.826. The maximum absolute atomic E-state index is 15.7. The fraction of sp³-hybridized carbons (Fsp3) is 0.388. The number of aromatic nitrogens is 9. The van der Waals surface area contributed by atoms with Gasteiger partial charge in [0.15, 0.2) is 5.82 Å². The lowest BCUT2D eigenvalue weighted by Crippen LogP contribution is -2.45. The number of amides is 1. The Morgan fingerprint density at radius 1 is 0.954 bits per heavy atom. The molecule has 1 amide bonds. The molecule has 15 nitrogen and oxygen atoms in total. The van der Waals surface area contributed by atoms with Crippen molar-refractivity contribution in [2.24, 2.45) is 13.0 Å². The molecular formula is C49H51FN10O5. The standard InChI is InChI=1S/C49H51FN10O5/c1-8-34-22-38-37(43(60(53-38)36-17-27(2)42(50)28(3)18-36)57-15-14-56(47(57)63)35-10-12-39-33(20-35)25-51-55(39)7)26-58(34)44(61)41-21-32-19-30(31-13-16-64-48(5,6)24-31)9-11-40(32)59(41)49(23-29(49)4)45-52-46(62)65-54-45/h9-12,14-15,17-21,25,29,31,34H,8,13,16,22-24,26H2,1-7H3,(H,52,54,62)/t29-,31-,34?,49-/m0/s1. The van der Waals surface area contributed by atoms with Gasteiger partial charge in [-0.3, -0.25) is 28.1 Å². The van der Waals surface area contributed by atoms with Gasteiger partial charge in [0.1, 0.15) is 22.9 Å². The van der Waals surface area contributed by atoms with Gasteiger partial charge in [0.05, 0.1) is 40.9 Å². The number of hydrogen-bond donors (Lipinski definition) is 1. The highest BCUT2D eigenvalue weighted by atomic mass is 19.1. The molecule has 1 N–H and O–H groups in total. The zero-order valence-electron chi connectivity index (χ0n) is 37.6. The van der Waals surface area contributed by atoms with Crippen LogP contribution in [0.1, 0.15) is 104 Å². The third-order valence-corrected chi connectivity index (χ3v) is 14.4. The molecule has 16 heteroatoms. The average Bonchev–Trinajstić information content (AvgIpc) is 3.90. The van der Waals surface area contributed by atoms with Gasteiger partial charge in [-0.15, -0.1) is 0 Å². The van der Waals surface area contributed by atoms with Gasteiger partial charge in [0.2, 0.25) is 0 Å². The predicted molar refractivity (Wildman–Crippen MR) is 242 cm³/mol. The number of nitrogens with zero attached hydrogens (tertiary/aromatic N) is 9. The van der Waals surface area contributed by atoms with Crippen LogP contribution < -0.4 is 11.4 Å². The van der Waals surface area contributed by atoms with Crippen molar-refractivity contribution in [1.82, 2.24) is 48.3 Å². The number of aryl methyl sites for hydroxylation is 3. The van der Waals surface area contributed by atoms with Gasteiger partial charge in [-0.25, -0.2) is 18.7 Å². The molecule has 1 saturated heterocycles. The zero-order chi connectivity index (χ0) is 45.3. The largest absolute Gasteiger partial charge is 0.438 e. The Balaban J connectivity index is 1.06. The Morgan fingerprint density at radius 3 is 2.42 bits per heavy atom. The van der Waals surface area contributed by atoms with Crippen LogP contribution in [0, 0.1) is 25.6 Å². The average molecular weight is 879 g/mol. The minimum Gasteiger partial charge on any atom is -0.376 e. The maximum atomic E-state index is 15.7. The van der Waals surface area contributed by atoms with E-state index < -0.39 is 11.3 Å². The normalized spacial score (nSPS) is 21.7. The number of aromatic amines is 1. The number of rotatable bonds is 8. The summed E-state index contributed by atoms with van der Waals surface area (Å²) in [5, 5.41) is 15.6. The number of benzene rings is 3. The molecule has 11 rings (SSSR count). The summed E-state index contributed by atoms with van der Waals surface area (Å²) in [6, 6.07) is 17.4. The molecular weight excluding hydrogens is 828 g/mol. The van der Waals surface area contributed by atoms with Crippen molar-refractivity contribution in [2.75, 3.05) is 6.61 Å². The van der Waals surface area contributed by atoms with E-state index in [0.717, 1.165) is 40.3 Å². The molecule has 0 radical (unpaired) electrons. The summed E-state index contributed by atoms with van der Waals surface area (Å²) in [5.41, 5.74) is 5.67. The van der Waals surface area contributed by atoms with Gasteiger partial charge < -0.3 is 14.2 Å². The molecule has 1 unspecified atom stereocenters. The van der Waals surface area contributed by atoms with Crippen LogP contribution in [0.5, 0.6) is 0 Å². The molecule has 8 aromatic rings. The fourth-order valence-corrected chi connectivity index (χ4v) is 10.9. The van der Waals surface area contributed by atoms with Crippen LogP contribution in [-0.4, -0.2) is 72.5 Å². The summed E-state index contributed by atoms with van der Waals surface area (Å²) in [4.78, 5) is 47.6. The van der Waals surface area contributed by atoms with E-state index in [1.54, 1.807) is 63.1 Å². The lowest BCUT2D eigenvalue weighted by Gasteiger charge is -2.36. The van der Waals surface area contributed by atoms with Crippen molar-refractivity contribution in [3.8, 4) is 17.2 Å².